The molecule has 2 heterocycles. The average Bonchev–Trinajstić information content (AvgIpc) is 2.52. The van der Waals surface area contributed by atoms with Gasteiger partial charge in [0.1, 0.15) is 6.07 Å². The van der Waals surface area contributed by atoms with Crippen LogP contribution in [0.4, 0.5) is 17.2 Å². The molecule has 3 rings (SSSR count). The van der Waals surface area contributed by atoms with E-state index in [1.807, 2.05) is 24.3 Å². The number of nitriles is 1. The second-order valence-electron chi connectivity index (χ2n) is 4.39. The minimum absolute atomic E-state index is 0.396. The van der Waals surface area contributed by atoms with Crippen LogP contribution >= 0.6 is 11.6 Å². The first-order valence-corrected chi connectivity index (χ1v) is 6.52. The van der Waals surface area contributed by atoms with Crippen LogP contribution in [0.5, 0.6) is 0 Å². The molecule has 0 amide bonds. The van der Waals surface area contributed by atoms with Gasteiger partial charge in [-0.05, 0) is 30.3 Å². The van der Waals surface area contributed by atoms with Gasteiger partial charge in [0, 0.05) is 17.8 Å². The number of pyridine rings is 2. The Morgan fingerprint density at radius 1 is 1.24 bits per heavy atom. The van der Waals surface area contributed by atoms with Crippen molar-refractivity contribution in [1.82, 2.24) is 9.97 Å². The van der Waals surface area contributed by atoms with Crippen molar-refractivity contribution in [2.45, 2.75) is 0 Å². The van der Waals surface area contributed by atoms with Gasteiger partial charge >= 0.3 is 0 Å². The molecule has 0 spiro atoms. The number of anilines is 3. The van der Waals surface area contributed by atoms with Crippen LogP contribution in [0.15, 0.2) is 42.7 Å². The van der Waals surface area contributed by atoms with Crippen LogP contribution < -0.4 is 11.1 Å². The zero-order chi connectivity index (χ0) is 14.8. The number of aromatic nitrogens is 2. The number of hydrogen-bond acceptors (Lipinski definition) is 5. The maximum absolute atomic E-state index is 8.82. The molecule has 3 N–H and O–H groups in total. The Balaban J connectivity index is 2.07. The van der Waals surface area contributed by atoms with Crippen LogP contribution in [0.1, 0.15) is 5.56 Å². The van der Waals surface area contributed by atoms with Crippen molar-refractivity contribution in [3.8, 4) is 6.07 Å². The summed E-state index contributed by atoms with van der Waals surface area (Å²) >= 11 is 6.16. The van der Waals surface area contributed by atoms with Gasteiger partial charge in [0.15, 0.2) is 5.82 Å². The third-order valence-electron chi connectivity index (χ3n) is 3.02. The molecule has 0 aliphatic carbocycles. The molecule has 3 aromatic rings. The number of fused-ring (bicyclic) bond motifs is 1. The molecule has 21 heavy (non-hydrogen) atoms. The highest BCUT2D eigenvalue weighted by Crippen LogP contribution is 2.30. The van der Waals surface area contributed by atoms with E-state index in [-0.39, 0.29) is 0 Å². The molecule has 0 radical (unpaired) electrons. The maximum Gasteiger partial charge on any atom is 0.153 e. The standard InChI is InChI=1S/C15H10ClN5/c16-11-3-4-13(14-10(11)2-1-5-19-14)21-15-12(18)6-9(7-17)8-20-15/h1-6,8H,18H2,(H,20,21). The fourth-order valence-corrected chi connectivity index (χ4v) is 2.23. The number of hydrogen-bond donors (Lipinski definition) is 2. The van der Waals surface area contributed by atoms with Crippen LogP contribution in [0.2, 0.25) is 5.02 Å². The van der Waals surface area contributed by atoms with Gasteiger partial charge < -0.3 is 11.1 Å². The minimum Gasteiger partial charge on any atom is -0.396 e. The molecule has 102 valence electrons. The number of nitrogen functional groups attached to an aromatic ring is 1. The van der Waals surface area contributed by atoms with E-state index in [1.165, 1.54) is 6.20 Å². The molecular weight excluding hydrogens is 286 g/mol. The first kappa shape index (κ1) is 13.2. The molecule has 5 nitrogen and oxygen atoms in total. The van der Waals surface area contributed by atoms with E-state index in [2.05, 4.69) is 15.3 Å². The number of nitrogens with one attached hydrogen (secondary N) is 1. The van der Waals surface area contributed by atoms with Gasteiger partial charge in [-0.1, -0.05) is 11.6 Å². The zero-order valence-corrected chi connectivity index (χ0v) is 11.6. The van der Waals surface area contributed by atoms with Gasteiger partial charge in [0.25, 0.3) is 0 Å². The summed E-state index contributed by atoms with van der Waals surface area (Å²) in [5.41, 5.74) is 8.19. The monoisotopic (exact) mass is 295 g/mol. The second-order valence-corrected chi connectivity index (χ2v) is 4.80. The molecule has 0 saturated heterocycles. The van der Waals surface area contributed by atoms with Gasteiger partial charge in [-0.15, -0.1) is 0 Å². The number of rotatable bonds is 2. The van der Waals surface area contributed by atoms with E-state index in [9.17, 15) is 0 Å². The molecule has 6 heteroatoms. The summed E-state index contributed by atoms with van der Waals surface area (Å²) in [4.78, 5) is 8.49. The SMILES string of the molecule is N#Cc1cnc(Nc2ccc(Cl)c3cccnc23)c(N)c1. The van der Waals surface area contributed by atoms with E-state index in [0.717, 1.165) is 16.6 Å². The molecule has 0 unspecified atom stereocenters. The summed E-state index contributed by atoms with van der Waals surface area (Å²) in [6.07, 6.45) is 3.16. The summed E-state index contributed by atoms with van der Waals surface area (Å²) in [7, 11) is 0. The number of nitrogens with zero attached hydrogens (tertiary/aromatic N) is 3. The largest absolute Gasteiger partial charge is 0.396 e. The molecule has 0 aliphatic heterocycles. The lowest BCUT2D eigenvalue weighted by atomic mass is 10.2. The van der Waals surface area contributed by atoms with E-state index in [0.29, 0.717) is 22.1 Å². The van der Waals surface area contributed by atoms with Crippen molar-refractivity contribution in [3.63, 3.8) is 0 Å². The Labute approximate surface area is 126 Å². The molecule has 0 aliphatic rings. The molecule has 0 atom stereocenters. The Bertz CT molecular complexity index is 870. The topological polar surface area (TPSA) is 87.6 Å². The number of halogens is 1. The third-order valence-corrected chi connectivity index (χ3v) is 3.35. The van der Waals surface area contributed by atoms with Crippen molar-refractivity contribution in [3.05, 3.63) is 53.3 Å². The second kappa shape index (κ2) is 5.27. The van der Waals surface area contributed by atoms with Crippen molar-refractivity contribution >= 4 is 39.7 Å². The Hall–Kier alpha value is -2.84. The summed E-state index contributed by atoms with van der Waals surface area (Å²) in [6.45, 7) is 0. The lowest BCUT2D eigenvalue weighted by Gasteiger charge is -2.11. The smallest absolute Gasteiger partial charge is 0.153 e. The molecule has 1 aromatic carbocycles. The predicted molar refractivity (Wildman–Crippen MR) is 83.4 cm³/mol. The first-order chi connectivity index (χ1) is 10.2. The molecule has 0 bridgehead atoms. The fourth-order valence-electron chi connectivity index (χ4n) is 2.01. The summed E-state index contributed by atoms with van der Waals surface area (Å²) in [5, 5.41) is 13.4. The van der Waals surface area contributed by atoms with Crippen LogP contribution in [0, 0.1) is 11.3 Å². The zero-order valence-electron chi connectivity index (χ0n) is 10.8. The van der Waals surface area contributed by atoms with E-state index in [4.69, 9.17) is 22.6 Å². The highest BCUT2D eigenvalue weighted by molar-refractivity contribution is 6.35. The first-order valence-electron chi connectivity index (χ1n) is 6.15. The summed E-state index contributed by atoms with van der Waals surface area (Å²) in [5.74, 6) is 0.475. The lowest BCUT2D eigenvalue weighted by Crippen LogP contribution is -2.00. The Morgan fingerprint density at radius 3 is 2.86 bits per heavy atom. The molecule has 0 fully saturated rings. The highest BCUT2D eigenvalue weighted by atomic mass is 35.5. The highest BCUT2D eigenvalue weighted by Gasteiger charge is 2.08. The number of benzene rings is 1. The molecular formula is C15H10ClN5. The van der Waals surface area contributed by atoms with E-state index >= 15 is 0 Å². The van der Waals surface area contributed by atoms with E-state index < -0.39 is 0 Å². The fraction of sp³-hybridized carbons (Fsp3) is 0. The minimum atomic E-state index is 0.396. The Morgan fingerprint density at radius 2 is 2.10 bits per heavy atom. The van der Waals surface area contributed by atoms with Crippen molar-refractivity contribution in [2.24, 2.45) is 0 Å². The van der Waals surface area contributed by atoms with Crippen LogP contribution in [-0.2, 0) is 0 Å². The van der Waals surface area contributed by atoms with Crippen LogP contribution in [0.3, 0.4) is 0 Å². The maximum atomic E-state index is 8.82. The normalized spacial score (nSPS) is 10.3. The van der Waals surface area contributed by atoms with Gasteiger partial charge in [-0.3, -0.25) is 4.98 Å². The third kappa shape index (κ3) is 2.45. The van der Waals surface area contributed by atoms with Crippen molar-refractivity contribution in [1.29, 1.82) is 5.26 Å². The quantitative estimate of drug-likeness (QED) is 0.755. The van der Waals surface area contributed by atoms with Crippen LogP contribution in [0.25, 0.3) is 10.9 Å². The predicted octanol–water partition coefficient (Wildman–Crippen LogP) is 3.48. The van der Waals surface area contributed by atoms with Gasteiger partial charge in [-0.25, -0.2) is 4.98 Å². The van der Waals surface area contributed by atoms with Crippen molar-refractivity contribution in [2.75, 3.05) is 11.1 Å². The van der Waals surface area contributed by atoms with Gasteiger partial charge in [0.2, 0.25) is 0 Å². The van der Waals surface area contributed by atoms with Gasteiger partial charge in [-0.2, -0.15) is 5.26 Å². The molecule has 2 aromatic heterocycles. The van der Waals surface area contributed by atoms with Gasteiger partial charge in [0.05, 0.1) is 27.5 Å². The number of nitrogens with two attached hydrogens (primary N) is 1. The summed E-state index contributed by atoms with van der Waals surface area (Å²) < 4.78 is 0. The van der Waals surface area contributed by atoms with Crippen molar-refractivity contribution < 1.29 is 0 Å². The Kier molecular flexibility index (Phi) is 3.30. The van der Waals surface area contributed by atoms with Crippen LogP contribution in [-0.4, -0.2) is 9.97 Å². The average molecular weight is 296 g/mol. The summed E-state index contributed by atoms with van der Waals surface area (Å²) in [6, 6.07) is 10.9. The van der Waals surface area contributed by atoms with E-state index in [1.54, 1.807) is 18.3 Å². The lowest BCUT2D eigenvalue weighted by molar-refractivity contribution is 1.29. The molecule has 0 saturated carbocycles.